The van der Waals surface area contributed by atoms with Gasteiger partial charge in [-0.1, -0.05) is 23.4 Å². The van der Waals surface area contributed by atoms with Crippen molar-refractivity contribution in [1.29, 1.82) is 0 Å². The summed E-state index contributed by atoms with van der Waals surface area (Å²) in [7, 11) is -2.97. The molecule has 0 saturated heterocycles. The van der Waals surface area contributed by atoms with Crippen LogP contribution >= 0.6 is 0 Å². The minimum Gasteiger partial charge on any atom is -0.259 e. The van der Waals surface area contributed by atoms with Crippen molar-refractivity contribution < 1.29 is 17.2 Å². The molecule has 27 heavy (non-hydrogen) atoms. The monoisotopic (exact) mass is 394 g/mol. The zero-order valence-corrected chi connectivity index (χ0v) is 15.4. The van der Waals surface area contributed by atoms with Crippen molar-refractivity contribution in [2.45, 2.75) is 31.5 Å². The summed E-state index contributed by atoms with van der Waals surface area (Å²) in [4.78, 5) is 0. The number of sulfonamides is 1. The molecule has 11 heteroatoms. The fraction of sp³-hybridized carbons (Fsp3) is 0.312. The summed E-state index contributed by atoms with van der Waals surface area (Å²) in [6.45, 7) is 1.64. The van der Waals surface area contributed by atoms with Crippen molar-refractivity contribution >= 4 is 15.7 Å². The molecule has 0 amide bonds. The molecule has 0 atom stereocenters. The fourth-order valence-electron chi connectivity index (χ4n) is 3.35. The Bertz CT molecular complexity index is 1120. The van der Waals surface area contributed by atoms with E-state index in [1.54, 1.807) is 28.9 Å². The number of fused-ring (bicyclic) bond motifs is 2. The number of aromatic nitrogens is 5. The second-order valence-electron chi connectivity index (χ2n) is 6.25. The molecule has 0 N–H and O–H groups in total. The van der Waals surface area contributed by atoms with E-state index in [0.29, 0.717) is 23.5 Å². The van der Waals surface area contributed by atoms with Gasteiger partial charge in [-0.25, -0.2) is 13.5 Å². The summed E-state index contributed by atoms with van der Waals surface area (Å²) in [5, 5.41) is 11.2. The zero-order chi connectivity index (χ0) is 19.3. The highest BCUT2D eigenvalue weighted by Gasteiger charge is 2.37. The molecule has 1 aromatic carbocycles. The quantitative estimate of drug-likeness (QED) is 0.678. The molecular weight excluding hydrogens is 378 g/mol. The van der Waals surface area contributed by atoms with E-state index in [-0.39, 0.29) is 12.2 Å². The number of nitrogens with zero attached hydrogens (tertiary/aromatic N) is 6. The molecular formula is C16H16F2N6O2S. The van der Waals surface area contributed by atoms with E-state index < -0.39 is 27.0 Å². The van der Waals surface area contributed by atoms with E-state index in [1.165, 1.54) is 20.2 Å². The molecule has 8 nitrogen and oxygen atoms in total. The van der Waals surface area contributed by atoms with Crippen molar-refractivity contribution in [3.05, 3.63) is 53.0 Å². The number of halogens is 2. The maximum absolute atomic E-state index is 13.6. The van der Waals surface area contributed by atoms with Gasteiger partial charge in [-0.05, 0) is 18.6 Å². The van der Waals surface area contributed by atoms with Crippen molar-refractivity contribution in [3.8, 4) is 0 Å². The Labute approximate surface area is 154 Å². The van der Waals surface area contributed by atoms with E-state index >= 15 is 0 Å². The molecule has 0 spiro atoms. The number of para-hydroxylation sites is 1. The predicted molar refractivity (Wildman–Crippen MR) is 91.8 cm³/mol. The molecule has 142 valence electrons. The molecule has 3 aromatic rings. The highest BCUT2D eigenvalue weighted by molar-refractivity contribution is 7.92. The summed E-state index contributed by atoms with van der Waals surface area (Å²) in [5.74, 6) is 0. The van der Waals surface area contributed by atoms with Crippen LogP contribution in [-0.4, -0.2) is 33.2 Å². The number of alkyl halides is 2. The highest BCUT2D eigenvalue weighted by Crippen LogP contribution is 2.36. The van der Waals surface area contributed by atoms with Crippen molar-refractivity contribution in [1.82, 2.24) is 24.8 Å². The average molecular weight is 394 g/mol. The Hall–Kier alpha value is -2.82. The Balaban J connectivity index is 1.95. The first-order valence-electron chi connectivity index (χ1n) is 8.10. The molecule has 0 bridgehead atoms. The van der Waals surface area contributed by atoms with E-state index in [4.69, 9.17) is 0 Å². The van der Waals surface area contributed by atoms with Gasteiger partial charge in [-0.15, -0.1) is 5.10 Å². The lowest BCUT2D eigenvalue weighted by Crippen LogP contribution is -2.33. The third-order valence-electron chi connectivity index (χ3n) is 4.55. The molecule has 4 rings (SSSR count). The smallest absolute Gasteiger partial charge is 0.259 e. The topological polar surface area (TPSA) is 85.9 Å². The zero-order valence-electron chi connectivity index (χ0n) is 14.5. The van der Waals surface area contributed by atoms with Crippen molar-refractivity contribution in [2.24, 2.45) is 7.05 Å². The maximum Gasteiger partial charge on any atom is 0.282 e. The van der Waals surface area contributed by atoms with Gasteiger partial charge in [0.05, 0.1) is 41.9 Å². The summed E-state index contributed by atoms with van der Waals surface area (Å²) in [6, 6.07) is 6.91. The number of aryl methyl sites for hydroxylation is 2. The Morgan fingerprint density at radius 1 is 1.19 bits per heavy atom. The third-order valence-corrected chi connectivity index (χ3v) is 6.43. The molecule has 2 aromatic heterocycles. The molecule has 0 aliphatic carbocycles. The molecule has 0 radical (unpaired) electrons. The molecule has 3 heterocycles. The minimum atomic E-state index is -4.32. The van der Waals surface area contributed by atoms with Gasteiger partial charge in [0, 0.05) is 7.05 Å². The van der Waals surface area contributed by atoms with Crippen LogP contribution in [0.1, 0.15) is 28.9 Å². The second-order valence-corrected chi connectivity index (χ2v) is 8.03. The molecule has 0 fully saturated rings. The van der Waals surface area contributed by atoms with Gasteiger partial charge in [0.25, 0.3) is 16.4 Å². The van der Waals surface area contributed by atoms with E-state index in [1.807, 2.05) is 0 Å². The van der Waals surface area contributed by atoms with E-state index in [2.05, 4.69) is 15.4 Å². The normalized spacial score (nSPS) is 14.2. The van der Waals surface area contributed by atoms with Gasteiger partial charge in [-0.3, -0.25) is 8.99 Å². The van der Waals surface area contributed by atoms with Gasteiger partial charge >= 0.3 is 0 Å². The Kier molecular flexibility index (Phi) is 3.98. The lowest BCUT2D eigenvalue weighted by molar-refractivity contribution is 0.146. The fourth-order valence-corrected chi connectivity index (χ4v) is 5.18. The number of anilines is 1. The maximum atomic E-state index is 13.6. The first-order chi connectivity index (χ1) is 12.8. The van der Waals surface area contributed by atoms with Crippen molar-refractivity contribution in [2.75, 3.05) is 4.31 Å². The largest absolute Gasteiger partial charge is 0.282 e. The molecule has 0 saturated carbocycles. The molecule has 1 aliphatic rings. The number of hydrogen-bond acceptors (Lipinski definition) is 5. The van der Waals surface area contributed by atoms with Crippen LogP contribution in [-0.2, 0) is 30.2 Å². The van der Waals surface area contributed by atoms with Crippen LogP contribution in [0.3, 0.4) is 0 Å². The molecule has 1 aliphatic heterocycles. The van der Waals surface area contributed by atoms with Gasteiger partial charge in [0.2, 0.25) is 0 Å². The van der Waals surface area contributed by atoms with Crippen LogP contribution in [0.25, 0.3) is 0 Å². The second kappa shape index (κ2) is 6.12. The average Bonchev–Trinajstić information content (AvgIpc) is 3.12. The molecule has 0 unspecified atom stereocenters. The first-order valence-corrected chi connectivity index (χ1v) is 9.54. The lowest BCUT2D eigenvalue weighted by atomic mass is 10.2. The minimum absolute atomic E-state index is 0.0131. The number of rotatable bonds is 3. The van der Waals surface area contributed by atoms with E-state index in [0.717, 1.165) is 8.99 Å². The van der Waals surface area contributed by atoms with Gasteiger partial charge in [0.15, 0.2) is 5.03 Å². The Morgan fingerprint density at radius 3 is 2.67 bits per heavy atom. The van der Waals surface area contributed by atoms with E-state index in [9.17, 15) is 17.2 Å². The Morgan fingerprint density at radius 2 is 1.93 bits per heavy atom. The summed E-state index contributed by atoms with van der Waals surface area (Å²) < 4.78 is 57.9. The summed E-state index contributed by atoms with van der Waals surface area (Å²) >= 11 is 0. The van der Waals surface area contributed by atoms with Crippen LogP contribution < -0.4 is 4.31 Å². The van der Waals surface area contributed by atoms with Crippen LogP contribution in [0.5, 0.6) is 0 Å². The lowest BCUT2D eigenvalue weighted by Gasteiger charge is -2.24. The standard InChI is InChI=1S/C16H16F2N6O2S/c1-10-14(15(17)18)16(22(2)20-10)27(25,26)24-9-12-7-19-21-23(12)8-11-5-3-4-6-13(11)24/h3-7,15H,8-9H2,1-2H3. The van der Waals surface area contributed by atoms with Crippen LogP contribution in [0, 0.1) is 6.92 Å². The van der Waals surface area contributed by atoms with Gasteiger partial charge in [-0.2, -0.15) is 13.5 Å². The number of hydrogen-bond donors (Lipinski definition) is 0. The van der Waals surface area contributed by atoms with Gasteiger partial charge < -0.3 is 0 Å². The third kappa shape index (κ3) is 2.69. The highest BCUT2D eigenvalue weighted by atomic mass is 32.2. The SMILES string of the molecule is Cc1nn(C)c(S(=O)(=O)N2Cc3cnnn3Cc3ccccc32)c1C(F)F. The summed E-state index contributed by atoms with van der Waals surface area (Å²) in [5.41, 5.74) is 1.09. The van der Waals surface area contributed by atoms with Crippen molar-refractivity contribution in [3.63, 3.8) is 0 Å². The van der Waals surface area contributed by atoms with Gasteiger partial charge in [0.1, 0.15) is 0 Å². The van der Waals surface area contributed by atoms with Crippen LogP contribution in [0.15, 0.2) is 35.5 Å². The predicted octanol–water partition coefficient (Wildman–Crippen LogP) is 2.01. The van der Waals surface area contributed by atoms with Crippen LogP contribution in [0.2, 0.25) is 0 Å². The van der Waals surface area contributed by atoms with Crippen LogP contribution in [0.4, 0.5) is 14.5 Å². The number of benzene rings is 1. The summed E-state index contributed by atoms with van der Waals surface area (Å²) in [6.07, 6.45) is -1.49. The first kappa shape index (κ1) is 17.6.